The molecule has 2 amide bonds. The Hall–Kier alpha value is -2.33. The predicted octanol–water partition coefficient (Wildman–Crippen LogP) is 3.11. The van der Waals surface area contributed by atoms with Gasteiger partial charge in [0.2, 0.25) is 5.91 Å². The molecule has 0 aromatic heterocycles. The van der Waals surface area contributed by atoms with Crippen LogP contribution >= 0.6 is 35.6 Å². The Morgan fingerprint density at radius 3 is 2.31 bits per heavy atom. The highest BCUT2D eigenvalue weighted by molar-refractivity contribution is 14.0. The van der Waals surface area contributed by atoms with Gasteiger partial charge in [0, 0.05) is 30.7 Å². The Kier molecular flexibility index (Phi) is 11.5. The molecule has 0 bridgehead atoms. The summed E-state index contributed by atoms with van der Waals surface area (Å²) in [5.74, 6) is -0.219. The van der Waals surface area contributed by atoms with Crippen molar-refractivity contribution in [3.05, 3.63) is 70.2 Å². The van der Waals surface area contributed by atoms with Crippen molar-refractivity contribution in [2.45, 2.75) is 26.8 Å². The third-order valence-electron chi connectivity index (χ3n) is 4.63. The van der Waals surface area contributed by atoms with Gasteiger partial charge in [0.1, 0.15) is 0 Å². The van der Waals surface area contributed by atoms with Crippen LogP contribution in [0.1, 0.15) is 35.3 Å². The number of guanidine groups is 1. The number of amides is 2. The molecule has 174 valence electrons. The van der Waals surface area contributed by atoms with Gasteiger partial charge in [-0.2, -0.15) is 0 Å². The Balaban J connectivity index is 0.00000512. The van der Waals surface area contributed by atoms with Crippen molar-refractivity contribution in [2.75, 3.05) is 20.1 Å². The fourth-order valence-electron chi connectivity index (χ4n) is 3.03. The topological polar surface area (TPSA) is 109 Å². The largest absolute Gasteiger partial charge is 0.368 e. The molecule has 0 unspecified atom stereocenters. The molecule has 0 fully saturated rings. The van der Waals surface area contributed by atoms with E-state index in [1.807, 2.05) is 30.3 Å². The zero-order chi connectivity index (χ0) is 22.9. The standard InChI is InChI=1S/C23H30ClN5O2.HI/c1-23(2,12-17-5-4-6-19(24)11-17)15-29-22(26-3)28-13-16-7-9-18(10-8-16)21(31)27-14-20(25)30;/h4-11H,12-15H2,1-3H3,(H2,25,30)(H,27,31)(H2,26,28,29);1H. The van der Waals surface area contributed by atoms with Crippen LogP contribution < -0.4 is 21.7 Å². The van der Waals surface area contributed by atoms with E-state index in [1.54, 1.807) is 19.2 Å². The highest BCUT2D eigenvalue weighted by Gasteiger charge is 2.19. The van der Waals surface area contributed by atoms with E-state index in [9.17, 15) is 9.59 Å². The summed E-state index contributed by atoms with van der Waals surface area (Å²) in [5.41, 5.74) is 7.70. The summed E-state index contributed by atoms with van der Waals surface area (Å²) >= 11 is 6.09. The minimum Gasteiger partial charge on any atom is -0.368 e. The van der Waals surface area contributed by atoms with Crippen LogP contribution in [0.25, 0.3) is 0 Å². The first-order valence-corrected chi connectivity index (χ1v) is 10.4. The van der Waals surface area contributed by atoms with E-state index in [2.05, 4.69) is 40.9 Å². The van der Waals surface area contributed by atoms with E-state index in [0.29, 0.717) is 18.1 Å². The molecule has 0 aliphatic carbocycles. The first kappa shape index (κ1) is 27.7. The maximum atomic E-state index is 11.9. The lowest BCUT2D eigenvalue weighted by Crippen LogP contribution is -2.42. The van der Waals surface area contributed by atoms with E-state index in [4.69, 9.17) is 17.3 Å². The van der Waals surface area contributed by atoms with Crippen LogP contribution in [-0.4, -0.2) is 37.9 Å². The fraction of sp³-hybridized carbons (Fsp3) is 0.348. The second-order valence-electron chi connectivity index (χ2n) is 8.10. The smallest absolute Gasteiger partial charge is 0.251 e. The average Bonchev–Trinajstić information content (AvgIpc) is 2.72. The number of nitrogens with one attached hydrogen (secondary N) is 3. The number of nitrogens with two attached hydrogens (primary N) is 1. The van der Waals surface area contributed by atoms with Crippen molar-refractivity contribution >= 4 is 53.4 Å². The first-order valence-electron chi connectivity index (χ1n) is 10.0. The summed E-state index contributed by atoms with van der Waals surface area (Å²) in [5, 5.41) is 9.85. The Bertz CT molecular complexity index is 932. The van der Waals surface area contributed by atoms with Gasteiger partial charge in [0.15, 0.2) is 5.96 Å². The van der Waals surface area contributed by atoms with Crippen LogP contribution in [0.5, 0.6) is 0 Å². The van der Waals surface area contributed by atoms with Crippen LogP contribution in [-0.2, 0) is 17.8 Å². The van der Waals surface area contributed by atoms with Crippen LogP contribution in [0.2, 0.25) is 5.02 Å². The van der Waals surface area contributed by atoms with Crippen LogP contribution in [0, 0.1) is 5.41 Å². The lowest BCUT2D eigenvalue weighted by atomic mass is 9.86. The van der Waals surface area contributed by atoms with Crippen LogP contribution in [0.3, 0.4) is 0 Å². The lowest BCUT2D eigenvalue weighted by molar-refractivity contribution is -0.117. The molecule has 0 heterocycles. The van der Waals surface area contributed by atoms with Crippen molar-refractivity contribution in [3.8, 4) is 0 Å². The summed E-state index contributed by atoms with van der Waals surface area (Å²) in [6.45, 7) is 5.49. The van der Waals surface area contributed by atoms with Crippen LogP contribution in [0.15, 0.2) is 53.5 Å². The van der Waals surface area contributed by atoms with Crippen LogP contribution in [0.4, 0.5) is 0 Å². The highest BCUT2D eigenvalue weighted by Crippen LogP contribution is 2.22. The third kappa shape index (κ3) is 9.86. The predicted molar refractivity (Wildman–Crippen MR) is 141 cm³/mol. The summed E-state index contributed by atoms with van der Waals surface area (Å²) < 4.78 is 0. The third-order valence-corrected chi connectivity index (χ3v) is 4.86. The number of nitrogens with zero attached hydrogens (tertiary/aromatic N) is 1. The van der Waals surface area contributed by atoms with Crippen molar-refractivity contribution in [2.24, 2.45) is 16.1 Å². The fourth-order valence-corrected chi connectivity index (χ4v) is 3.25. The number of aliphatic imine (C=N–C) groups is 1. The Morgan fingerprint density at radius 2 is 1.72 bits per heavy atom. The van der Waals surface area contributed by atoms with Gasteiger partial charge in [-0.05, 0) is 47.2 Å². The first-order chi connectivity index (χ1) is 14.7. The molecular formula is C23H31ClIN5O2. The van der Waals surface area contributed by atoms with Gasteiger partial charge in [-0.15, -0.1) is 24.0 Å². The molecule has 0 atom stereocenters. The second-order valence-corrected chi connectivity index (χ2v) is 8.53. The van der Waals surface area contributed by atoms with E-state index >= 15 is 0 Å². The molecule has 7 nitrogen and oxygen atoms in total. The summed E-state index contributed by atoms with van der Waals surface area (Å²) in [6, 6.07) is 15.0. The molecule has 0 radical (unpaired) electrons. The molecular weight excluding hydrogens is 541 g/mol. The zero-order valence-corrected chi connectivity index (χ0v) is 21.7. The van der Waals surface area contributed by atoms with Gasteiger partial charge in [0.25, 0.3) is 5.91 Å². The van der Waals surface area contributed by atoms with E-state index in [0.717, 1.165) is 23.6 Å². The van der Waals surface area contributed by atoms with Crippen molar-refractivity contribution in [1.29, 1.82) is 0 Å². The van der Waals surface area contributed by atoms with Gasteiger partial charge in [-0.3, -0.25) is 14.6 Å². The SMILES string of the molecule is CN=C(NCc1ccc(C(=O)NCC(N)=O)cc1)NCC(C)(C)Cc1cccc(Cl)c1.I. The van der Waals surface area contributed by atoms with Gasteiger partial charge < -0.3 is 21.7 Å². The van der Waals surface area contributed by atoms with Gasteiger partial charge >= 0.3 is 0 Å². The lowest BCUT2D eigenvalue weighted by Gasteiger charge is -2.26. The number of hydrogen-bond acceptors (Lipinski definition) is 3. The number of halogens is 2. The Morgan fingerprint density at radius 1 is 1.03 bits per heavy atom. The molecule has 0 spiro atoms. The zero-order valence-electron chi connectivity index (χ0n) is 18.6. The maximum absolute atomic E-state index is 11.9. The minimum absolute atomic E-state index is 0. The maximum Gasteiger partial charge on any atom is 0.251 e. The number of carbonyl (C=O) groups excluding carboxylic acids is 2. The highest BCUT2D eigenvalue weighted by atomic mass is 127. The van der Waals surface area contributed by atoms with E-state index in [1.165, 1.54) is 5.56 Å². The summed E-state index contributed by atoms with van der Waals surface area (Å²) in [7, 11) is 1.73. The number of hydrogen-bond donors (Lipinski definition) is 4. The minimum atomic E-state index is -0.580. The van der Waals surface area contributed by atoms with Crippen molar-refractivity contribution < 1.29 is 9.59 Å². The Labute approximate surface area is 211 Å². The van der Waals surface area contributed by atoms with E-state index in [-0.39, 0.29) is 41.8 Å². The molecule has 2 aromatic rings. The molecule has 0 saturated carbocycles. The average molecular weight is 572 g/mol. The molecule has 0 saturated heterocycles. The molecule has 9 heteroatoms. The monoisotopic (exact) mass is 571 g/mol. The number of primary amides is 1. The number of carbonyl (C=O) groups is 2. The molecule has 2 rings (SSSR count). The summed E-state index contributed by atoms with van der Waals surface area (Å²) in [4.78, 5) is 27.0. The molecule has 5 N–H and O–H groups in total. The van der Waals surface area contributed by atoms with Gasteiger partial charge in [-0.1, -0.05) is 49.7 Å². The quantitative estimate of drug-likeness (QED) is 0.211. The van der Waals surface area contributed by atoms with Gasteiger partial charge in [0.05, 0.1) is 6.54 Å². The molecule has 0 aliphatic heterocycles. The van der Waals surface area contributed by atoms with Crippen molar-refractivity contribution in [1.82, 2.24) is 16.0 Å². The number of benzene rings is 2. The number of rotatable bonds is 9. The second kappa shape index (κ2) is 13.3. The molecule has 2 aromatic carbocycles. The van der Waals surface area contributed by atoms with Gasteiger partial charge in [-0.25, -0.2) is 0 Å². The van der Waals surface area contributed by atoms with Crippen molar-refractivity contribution in [3.63, 3.8) is 0 Å². The normalized spacial score (nSPS) is 11.3. The molecule has 32 heavy (non-hydrogen) atoms. The van der Waals surface area contributed by atoms with E-state index < -0.39 is 5.91 Å². The molecule has 0 aliphatic rings. The summed E-state index contributed by atoms with van der Waals surface area (Å²) in [6.07, 6.45) is 0.886.